The average molecular weight is 228 g/mol. The zero-order chi connectivity index (χ0) is 11.3. The van der Waals surface area contributed by atoms with Crippen LogP contribution in [0, 0.1) is 0 Å². The summed E-state index contributed by atoms with van der Waals surface area (Å²) in [5.41, 5.74) is 2.42. The van der Waals surface area contributed by atoms with Crippen LogP contribution in [0.25, 0.3) is 0 Å². The molecule has 1 aromatic heterocycles. The van der Waals surface area contributed by atoms with Crippen molar-refractivity contribution in [3.8, 4) is 0 Å². The van der Waals surface area contributed by atoms with Gasteiger partial charge in [-0.05, 0) is 19.4 Å². The molecule has 0 aliphatic rings. The van der Waals surface area contributed by atoms with Crippen LogP contribution in [0.1, 0.15) is 32.2 Å². The average Bonchev–Trinajstić information content (AvgIpc) is 2.68. The first-order valence-electron chi connectivity index (χ1n) is 5.49. The third-order valence-electron chi connectivity index (χ3n) is 2.35. The highest BCUT2D eigenvalue weighted by Crippen LogP contribution is 2.18. The Hall–Kier alpha value is -0.480. The van der Waals surface area contributed by atoms with Gasteiger partial charge in [-0.15, -0.1) is 0 Å². The van der Waals surface area contributed by atoms with Gasteiger partial charge in [0.05, 0.1) is 12.3 Å². The maximum absolute atomic E-state index is 8.95. The summed E-state index contributed by atoms with van der Waals surface area (Å²) in [6.07, 6.45) is 0.986. The second-order valence-electron chi connectivity index (χ2n) is 3.60. The quantitative estimate of drug-likeness (QED) is 0.810. The van der Waals surface area contributed by atoms with Crippen molar-refractivity contribution < 1.29 is 5.11 Å². The number of hydrogen-bond donors (Lipinski definition) is 1. The normalized spacial score (nSPS) is 13.1. The molecule has 1 heterocycles. The SMILES string of the molecule is CCc1cc(CSC(C)CO)n(CC)n1. The van der Waals surface area contributed by atoms with E-state index in [1.165, 1.54) is 5.69 Å². The van der Waals surface area contributed by atoms with E-state index in [0.717, 1.165) is 24.4 Å². The molecule has 0 fully saturated rings. The van der Waals surface area contributed by atoms with E-state index in [9.17, 15) is 0 Å². The minimum Gasteiger partial charge on any atom is -0.395 e. The maximum Gasteiger partial charge on any atom is 0.0625 e. The Morgan fingerprint density at radius 1 is 1.53 bits per heavy atom. The van der Waals surface area contributed by atoms with Crippen LogP contribution in [0.15, 0.2) is 6.07 Å². The molecule has 15 heavy (non-hydrogen) atoms. The molecule has 1 unspecified atom stereocenters. The molecule has 1 aromatic rings. The molecule has 0 aliphatic carbocycles. The van der Waals surface area contributed by atoms with E-state index in [0.29, 0.717) is 5.25 Å². The number of rotatable bonds is 6. The van der Waals surface area contributed by atoms with Crippen LogP contribution < -0.4 is 0 Å². The van der Waals surface area contributed by atoms with Crippen molar-refractivity contribution in [1.29, 1.82) is 0 Å². The number of aromatic nitrogens is 2. The summed E-state index contributed by atoms with van der Waals surface area (Å²) in [5, 5.41) is 13.7. The molecule has 1 N–H and O–H groups in total. The Morgan fingerprint density at radius 2 is 2.27 bits per heavy atom. The Balaban J connectivity index is 2.62. The molecule has 0 saturated heterocycles. The number of hydrogen-bond acceptors (Lipinski definition) is 3. The van der Waals surface area contributed by atoms with Crippen LogP contribution in [-0.4, -0.2) is 26.7 Å². The third-order valence-corrected chi connectivity index (χ3v) is 3.53. The van der Waals surface area contributed by atoms with Crippen LogP contribution in [0.2, 0.25) is 0 Å². The van der Waals surface area contributed by atoms with Gasteiger partial charge in [0.1, 0.15) is 0 Å². The molecule has 0 spiro atoms. The summed E-state index contributed by atoms with van der Waals surface area (Å²) in [4.78, 5) is 0. The zero-order valence-corrected chi connectivity index (χ0v) is 10.5. The summed E-state index contributed by atoms with van der Waals surface area (Å²) in [5.74, 6) is 0.933. The van der Waals surface area contributed by atoms with E-state index < -0.39 is 0 Å². The van der Waals surface area contributed by atoms with Gasteiger partial charge in [0.15, 0.2) is 0 Å². The fourth-order valence-electron chi connectivity index (χ4n) is 1.36. The lowest BCUT2D eigenvalue weighted by Gasteiger charge is -2.08. The van der Waals surface area contributed by atoms with E-state index >= 15 is 0 Å². The van der Waals surface area contributed by atoms with Crippen LogP contribution >= 0.6 is 11.8 Å². The molecule has 0 bridgehead atoms. The monoisotopic (exact) mass is 228 g/mol. The highest BCUT2D eigenvalue weighted by atomic mass is 32.2. The van der Waals surface area contributed by atoms with Crippen LogP contribution in [-0.2, 0) is 18.7 Å². The molecule has 0 saturated carbocycles. The van der Waals surface area contributed by atoms with Gasteiger partial charge in [-0.25, -0.2) is 0 Å². The van der Waals surface area contributed by atoms with Crippen LogP contribution in [0.4, 0.5) is 0 Å². The van der Waals surface area contributed by atoms with Crippen molar-refractivity contribution in [2.75, 3.05) is 6.61 Å². The van der Waals surface area contributed by atoms with E-state index in [1.807, 2.05) is 6.92 Å². The van der Waals surface area contributed by atoms with Gasteiger partial charge in [-0.2, -0.15) is 16.9 Å². The Morgan fingerprint density at radius 3 is 2.80 bits per heavy atom. The fourth-order valence-corrected chi connectivity index (χ4v) is 2.15. The molecule has 0 amide bonds. The molecule has 4 heteroatoms. The summed E-state index contributed by atoms with van der Waals surface area (Å²) in [6, 6.07) is 2.17. The summed E-state index contributed by atoms with van der Waals surface area (Å²) in [7, 11) is 0. The maximum atomic E-state index is 8.95. The van der Waals surface area contributed by atoms with Crippen molar-refractivity contribution in [2.45, 2.75) is 44.7 Å². The topological polar surface area (TPSA) is 38.0 Å². The lowest BCUT2D eigenvalue weighted by atomic mass is 10.3. The number of aryl methyl sites for hydroxylation is 2. The minimum atomic E-state index is 0.242. The Bertz CT molecular complexity index is 299. The van der Waals surface area contributed by atoms with Crippen molar-refractivity contribution in [3.05, 3.63) is 17.5 Å². The lowest BCUT2D eigenvalue weighted by molar-refractivity contribution is 0.300. The molecule has 3 nitrogen and oxygen atoms in total. The van der Waals surface area contributed by atoms with E-state index in [2.05, 4.69) is 29.7 Å². The lowest BCUT2D eigenvalue weighted by Crippen LogP contribution is -2.06. The second kappa shape index (κ2) is 6.18. The Kier molecular flexibility index (Phi) is 5.19. The molecule has 1 rings (SSSR count). The highest BCUT2D eigenvalue weighted by molar-refractivity contribution is 7.99. The standard InChI is InChI=1S/C11H20N2OS/c1-4-10-6-11(13(5-2)12-10)8-15-9(3)7-14/h6,9,14H,4-5,7-8H2,1-3H3. The fraction of sp³-hybridized carbons (Fsp3) is 0.727. The first kappa shape index (κ1) is 12.6. The number of aliphatic hydroxyl groups is 1. The molecule has 0 radical (unpaired) electrons. The number of thioether (sulfide) groups is 1. The van der Waals surface area contributed by atoms with E-state index in [1.54, 1.807) is 11.8 Å². The molecular formula is C11H20N2OS. The highest BCUT2D eigenvalue weighted by Gasteiger charge is 2.07. The molecule has 86 valence electrons. The zero-order valence-electron chi connectivity index (χ0n) is 9.73. The van der Waals surface area contributed by atoms with Gasteiger partial charge >= 0.3 is 0 Å². The first-order valence-corrected chi connectivity index (χ1v) is 6.54. The van der Waals surface area contributed by atoms with Crippen molar-refractivity contribution >= 4 is 11.8 Å². The Labute approximate surface area is 95.9 Å². The molecule has 0 aromatic carbocycles. The summed E-state index contributed by atoms with van der Waals surface area (Å²) < 4.78 is 2.05. The van der Waals surface area contributed by atoms with Crippen molar-refractivity contribution in [3.63, 3.8) is 0 Å². The van der Waals surface area contributed by atoms with Gasteiger partial charge < -0.3 is 5.11 Å². The molecule has 0 aliphatic heterocycles. The van der Waals surface area contributed by atoms with Gasteiger partial charge in [0.25, 0.3) is 0 Å². The smallest absolute Gasteiger partial charge is 0.0625 e. The van der Waals surface area contributed by atoms with Crippen LogP contribution in [0.3, 0.4) is 0 Å². The van der Waals surface area contributed by atoms with E-state index in [4.69, 9.17) is 5.11 Å². The summed E-state index contributed by atoms with van der Waals surface area (Å²) >= 11 is 1.77. The third kappa shape index (κ3) is 3.54. The second-order valence-corrected chi connectivity index (χ2v) is 5.03. The predicted octanol–water partition coefficient (Wildman–Crippen LogP) is 2.08. The van der Waals surface area contributed by atoms with Gasteiger partial charge in [0.2, 0.25) is 0 Å². The predicted molar refractivity (Wildman–Crippen MR) is 65.1 cm³/mol. The molecule has 1 atom stereocenters. The summed E-state index contributed by atoms with van der Waals surface area (Å²) in [6.45, 7) is 7.43. The minimum absolute atomic E-state index is 0.242. The number of nitrogens with zero attached hydrogens (tertiary/aromatic N) is 2. The van der Waals surface area contributed by atoms with Crippen LogP contribution in [0.5, 0.6) is 0 Å². The first-order chi connectivity index (χ1) is 7.21. The van der Waals surface area contributed by atoms with Gasteiger partial charge in [0, 0.05) is 23.2 Å². The largest absolute Gasteiger partial charge is 0.395 e. The molecular weight excluding hydrogens is 208 g/mol. The van der Waals surface area contributed by atoms with Crippen molar-refractivity contribution in [2.24, 2.45) is 0 Å². The van der Waals surface area contributed by atoms with Gasteiger partial charge in [-0.3, -0.25) is 4.68 Å². The van der Waals surface area contributed by atoms with E-state index in [-0.39, 0.29) is 6.61 Å². The van der Waals surface area contributed by atoms with Crippen molar-refractivity contribution in [1.82, 2.24) is 9.78 Å². The van der Waals surface area contributed by atoms with Gasteiger partial charge in [-0.1, -0.05) is 13.8 Å². The number of aliphatic hydroxyl groups excluding tert-OH is 1.